The maximum Gasteiger partial charge on any atom is 0.264 e. The molecule has 140 valence electrons. The minimum absolute atomic E-state index is 0.103. The molecule has 1 fully saturated rings. The van der Waals surface area contributed by atoms with Gasteiger partial charge in [-0.25, -0.2) is 8.42 Å². The number of anilines is 2. The number of benzene rings is 2. The molecule has 1 aliphatic carbocycles. The third kappa shape index (κ3) is 2.57. The summed E-state index contributed by atoms with van der Waals surface area (Å²) >= 11 is 0. The van der Waals surface area contributed by atoms with E-state index in [4.69, 9.17) is 0 Å². The van der Waals surface area contributed by atoms with Gasteiger partial charge in [-0.05, 0) is 68.0 Å². The summed E-state index contributed by atoms with van der Waals surface area (Å²) in [5.41, 5.74) is 3.66. The van der Waals surface area contributed by atoms with E-state index < -0.39 is 10.0 Å². The molecule has 27 heavy (non-hydrogen) atoms. The highest BCUT2D eigenvalue weighted by Gasteiger charge is 2.39. The molecule has 1 amide bonds. The van der Waals surface area contributed by atoms with E-state index in [9.17, 15) is 13.2 Å². The van der Waals surface area contributed by atoms with Crippen LogP contribution in [0.4, 0.5) is 11.4 Å². The van der Waals surface area contributed by atoms with Gasteiger partial charge in [0.1, 0.15) is 0 Å². The van der Waals surface area contributed by atoms with Crippen LogP contribution in [0.2, 0.25) is 0 Å². The van der Waals surface area contributed by atoms with Crippen molar-refractivity contribution in [2.45, 2.75) is 43.5 Å². The highest BCUT2D eigenvalue weighted by molar-refractivity contribution is 7.92. The third-order valence-corrected chi connectivity index (χ3v) is 7.76. The third-order valence-electron chi connectivity index (χ3n) is 5.84. The molecule has 0 N–H and O–H groups in total. The summed E-state index contributed by atoms with van der Waals surface area (Å²) in [4.78, 5) is 14.6. The number of rotatable bonds is 3. The zero-order valence-electron chi connectivity index (χ0n) is 15.3. The first-order valence-corrected chi connectivity index (χ1v) is 11.0. The lowest BCUT2D eigenvalue weighted by molar-refractivity contribution is -0.119. The predicted molar refractivity (Wildman–Crippen MR) is 104 cm³/mol. The van der Waals surface area contributed by atoms with Crippen LogP contribution in [-0.2, 0) is 27.7 Å². The quantitative estimate of drug-likeness (QED) is 0.820. The molecule has 0 aromatic heterocycles. The fourth-order valence-corrected chi connectivity index (χ4v) is 6.08. The van der Waals surface area contributed by atoms with Crippen LogP contribution in [0, 0.1) is 5.92 Å². The minimum atomic E-state index is -3.63. The Labute approximate surface area is 159 Å². The lowest BCUT2D eigenvalue weighted by atomic mass is 10.1. The van der Waals surface area contributed by atoms with E-state index in [-0.39, 0.29) is 17.9 Å². The molecule has 3 aliphatic rings. The van der Waals surface area contributed by atoms with Crippen LogP contribution in [0.3, 0.4) is 0 Å². The molecule has 1 unspecified atom stereocenters. The molecular weight excluding hydrogens is 360 g/mol. The van der Waals surface area contributed by atoms with E-state index in [2.05, 4.69) is 0 Å². The van der Waals surface area contributed by atoms with Crippen molar-refractivity contribution in [3.05, 3.63) is 53.6 Å². The highest BCUT2D eigenvalue weighted by atomic mass is 32.2. The SMILES string of the molecule is CC1Cc2ccccc2N1S(=O)(=O)c1ccc2c(c1)CCN2C(=O)C1CC1. The Kier molecular flexibility index (Phi) is 3.63. The van der Waals surface area contributed by atoms with Gasteiger partial charge in [-0.1, -0.05) is 18.2 Å². The molecule has 5 nitrogen and oxygen atoms in total. The van der Waals surface area contributed by atoms with Crippen molar-refractivity contribution in [1.82, 2.24) is 0 Å². The van der Waals surface area contributed by atoms with Crippen molar-refractivity contribution in [1.29, 1.82) is 0 Å². The summed E-state index contributed by atoms with van der Waals surface area (Å²) in [5.74, 6) is 0.354. The molecule has 1 saturated carbocycles. The maximum absolute atomic E-state index is 13.4. The van der Waals surface area contributed by atoms with Gasteiger partial charge in [-0.15, -0.1) is 0 Å². The Balaban J connectivity index is 1.51. The average molecular weight is 382 g/mol. The van der Waals surface area contributed by atoms with Gasteiger partial charge in [0, 0.05) is 24.2 Å². The molecular formula is C21H22N2O3S. The molecule has 0 radical (unpaired) electrons. The topological polar surface area (TPSA) is 57.7 Å². The van der Waals surface area contributed by atoms with E-state index in [0.29, 0.717) is 17.9 Å². The number of nitrogens with zero attached hydrogens (tertiary/aromatic N) is 2. The van der Waals surface area contributed by atoms with Gasteiger partial charge in [0.15, 0.2) is 0 Å². The van der Waals surface area contributed by atoms with Crippen LogP contribution in [0.15, 0.2) is 47.4 Å². The van der Waals surface area contributed by atoms with Crippen molar-refractivity contribution in [2.75, 3.05) is 15.7 Å². The van der Waals surface area contributed by atoms with Crippen molar-refractivity contribution in [2.24, 2.45) is 5.92 Å². The van der Waals surface area contributed by atoms with Gasteiger partial charge in [0.2, 0.25) is 5.91 Å². The molecule has 2 aromatic carbocycles. The second-order valence-corrected chi connectivity index (χ2v) is 9.60. The minimum Gasteiger partial charge on any atom is -0.312 e. The van der Waals surface area contributed by atoms with E-state index in [1.54, 1.807) is 16.4 Å². The smallest absolute Gasteiger partial charge is 0.264 e. The van der Waals surface area contributed by atoms with Gasteiger partial charge in [0.25, 0.3) is 10.0 Å². The normalized spacial score (nSPS) is 21.3. The van der Waals surface area contributed by atoms with E-state index >= 15 is 0 Å². The Morgan fingerprint density at radius 3 is 2.59 bits per heavy atom. The first-order valence-electron chi connectivity index (χ1n) is 9.53. The molecule has 0 spiro atoms. The molecule has 0 saturated heterocycles. The lowest BCUT2D eigenvalue weighted by Gasteiger charge is -2.25. The summed E-state index contributed by atoms with van der Waals surface area (Å²) in [5, 5.41) is 0. The fraction of sp³-hybridized carbons (Fsp3) is 0.381. The Morgan fingerprint density at radius 1 is 1.04 bits per heavy atom. The number of para-hydroxylation sites is 1. The lowest BCUT2D eigenvalue weighted by Crippen LogP contribution is -2.35. The standard InChI is InChI=1S/C21H22N2O3S/c1-14-12-16-4-2-3-5-20(16)23(14)27(25,26)18-8-9-19-17(13-18)10-11-22(19)21(24)15-6-7-15/h2-5,8-9,13-15H,6-7,10-12H2,1H3. The van der Waals surface area contributed by atoms with Gasteiger partial charge in [0.05, 0.1) is 10.6 Å². The summed E-state index contributed by atoms with van der Waals surface area (Å²) in [6, 6.07) is 12.8. The van der Waals surface area contributed by atoms with Gasteiger partial charge < -0.3 is 4.90 Å². The van der Waals surface area contributed by atoms with E-state index in [1.165, 1.54) is 0 Å². The highest BCUT2D eigenvalue weighted by Crippen LogP contribution is 2.40. The fourth-order valence-electron chi connectivity index (χ4n) is 4.34. The van der Waals surface area contributed by atoms with Crippen LogP contribution in [0.1, 0.15) is 30.9 Å². The maximum atomic E-state index is 13.4. The molecule has 2 aliphatic heterocycles. The van der Waals surface area contributed by atoms with Crippen LogP contribution in [0.25, 0.3) is 0 Å². The number of carbonyl (C=O) groups is 1. The number of carbonyl (C=O) groups excluding carboxylic acids is 1. The van der Waals surface area contributed by atoms with Crippen molar-refractivity contribution in [3.63, 3.8) is 0 Å². The first kappa shape index (κ1) is 16.8. The van der Waals surface area contributed by atoms with Crippen LogP contribution in [0.5, 0.6) is 0 Å². The van der Waals surface area contributed by atoms with Crippen molar-refractivity contribution in [3.8, 4) is 0 Å². The molecule has 2 aromatic rings. The summed E-state index contributed by atoms with van der Waals surface area (Å²) in [7, 11) is -3.63. The van der Waals surface area contributed by atoms with E-state index in [1.807, 2.05) is 42.2 Å². The summed E-state index contributed by atoms with van der Waals surface area (Å²) in [6.45, 7) is 2.60. The van der Waals surface area contributed by atoms with Crippen LogP contribution < -0.4 is 9.21 Å². The molecule has 0 bridgehead atoms. The van der Waals surface area contributed by atoms with Gasteiger partial charge in [-0.3, -0.25) is 9.10 Å². The summed E-state index contributed by atoms with van der Waals surface area (Å²) < 4.78 is 28.3. The summed E-state index contributed by atoms with van der Waals surface area (Å²) in [6.07, 6.45) is 3.39. The number of hydrogen-bond acceptors (Lipinski definition) is 3. The van der Waals surface area contributed by atoms with Crippen LogP contribution >= 0.6 is 0 Å². The van der Waals surface area contributed by atoms with E-state index in [0.717, 1.165) is 41.8 Å². The predicted octanol–water partition coefficient (Wildman–Crippen LogP) is 3.13. The zero-order valence-corrected chi connectivity index (χ0v) is 16.1. The van der Waals surface area contributed by atoms with Crippen LogP contribution in [-0.4, -0.2) is 26.9 Å². The Bertz CT molecular complexity index is 1040. The molecule has 5 rings (SSSR count). The number of hydrogen-bond donors (Lipinski definition) is 0. The van der Waals surface area contributed by atoms with Crippen molar-refractivity contribution >= 4 is 27.3 Å². The largest absolute Gasteiger partial charge is 0.312 e. The van der Waals surface area contributed by atoms with Gasteiger partial charge >= 0.3 is 0 Å². The first-order chi connectivity index (χ1) is 13.0. The number of amides is 1. The second kappa shape index (κ2) is 5.83. The Hall–Kier alpha value is -2.34. The Morgan fingerprint density at radius 2 is 1.81 bits per heavy atom. The van der Waals surface area contributed by atoms with Gasteiger partial charge in [-0.2, -0.15) is 0 Å². The monoisotopic (exact) mass is 382 g/mol. The number of fused-ring (bicyclic) bond motifs is 2. The molecule has 6 heteroatoms. The second-order valence-electron chi connectivity index (χ2n) is 7.79. The average Bonchev–Trinajstić information content (AvgIpc) is 3.32. The molecule has 1 atom stereocenters. The molecule has 2 heterocycles. The van der Waals surface area contributed by atoms with Crippen molar-refractivity contribution < 1.29 is 13.2 Å². The zero-order chi connectivity index (χ0) is 18.8. The number of sulfonamides is 1.